The highest BCUT2D eigenvalue weighted by molar-refractivity contribution is 5.71. The monoisotopic (exact) mass is 351 g/mol. The summed E-state index contributed by atoms with van der Waals surface area (Å²) >= 11 is 0. The molecule has 134 valence electrons. The lowest BCUT2D eigenvalue weighted by molar-refractivity contribution is 0.174. The number of hydrogen-bond acceptors (Lipinski definition) is 6. The maximum atomic E-state index is 5.43. The molecular formula is C19H21N5O2. The number of fused-ring (bicyclic) bond motifs is 2. The van der Waals surface area contributed by atoms with Crippen molar-refractivity contribution in [1.82, 2.24) is 19.5 Å². The van der Waals surface area contributed by atoms with Crippen LogP contribution in [-0.4, -0.2) is 32.9 Å². The van der Waals surface area contributed by atoms with Gasteiger partial charge < -0.3 is 19.4 Å². The van der Waals surface area contributed by atoms with Crippen molar-refractivity contribution in [2.75, 3.05) is 18.7 Å². The van der Waals surface area contributed by atoms with Crippen LogP contribution in [0.2, 0.25) is 0 Å². The van der Waals surface area contributed by atoms with Gasteiger partial charge in [-0.15, -0.1) is 0 Å². The van der Waals surface area contributed by atoms with Gasteiger partial charge >= 0.3 is 0 Å². The van der Waals surface area contributed by atoms with Crippen molar-refractivity contribution >= 4 is 17.1 Å². The second kappa shape index (κ2) is 6.48. The second-order valence-corrected chi connectivity index (χ2v) is 6.86. The largest absolute Gasteiger partial charge is 0.454 e. The molecular weight excluding hydrogens is 330 g/mol. The Kier molecular flexibility index (Phi) is 3.84. The van der Waals surface area contributed by atoms with Crippen LogP contribution < -0.4 is 14.8 Å². The van der Waals surface area contributed by atoms with Gasteiger partial charge in [0.05, 0.1) is 12.5 Å². The molecule has 0 unspecified atom stereocenters. The molecule has 0 saturated heterocycles. The minimum Gasteiger partial charge on any atom is -0.454 e. The zero-order chi connectivity index (χ0) is 17.3. The third-order valence-electron chi connectivity index (χ3n) is 5.17. The minimum absolute atomic E-state index is 0.305. The van der Waals surface area contributed by atoms with E-state index in [1.807, 2.05) is 18.5 Å². The lowest BCUT2D eigenvalue weighted by Gasteiger charge is -2.12. The first-order valence-corrected chi connectivity index (χ1v) is 9.19. The number of anilines is 1. The van der Waals surface area contributed by atoms with E-state index in [1.165, 1.54) is 31.2 Å². The Morgan fingerprint density at radius 3 is 2.92 bits per heavy atom. The van der Waals surface area contributed by atoms with Gasteiger partial charge in [0.25, 0.3) is 0 Å². The highest BCUT2D eigenvalue weighted by atomic mass is 16.7. The summed E-state index contributed by atoms with van der Waals surface area (Å²) in [6, 6.07) is 6.58. The van der Waals surface area contributed by atoms with E-state index < -0.39 is 0 Å². The molecule has 5 rings (SSSR count). The van der Waals surface area contributed by atoms with E-state index >= 15 is 0 Å². The number of nitrogens with one attached hydrogen (secondary N) is 1. The molecule has 0 amide bonds. The lowest BCUT2D eigenvalue weighted by atomic mass is 10.1. The third-order valence-corrected chi connectivity index (χ3v) is 5.17. The molecule has 7 heteroatoms. The molecule has 0 radical (unpaired) electrons. The van der Waals surface area contributed by atoms with Gasteiger partial charge in [-0.1, -0.05) is 18.9 Å². The van der Waals surface area contributed by atoms with Crippen LogP contribution >= 0.6 is 0 Å². The van der Waals surface area contributed by atoms with Crippen LogP contribution in [0.1, 0.15) is 37.3 Å². The van der Waals surface area contributed by atoms with Crippen LogP contribution in [0.4, 0.5) is 5.95 Å². The van der Waals surface area contributed by atoms with Crippen LogP contribution in [0.3, 0.4) is 0 Å². The Hall–Kier alpha value is -2.83. The van der Waals surface area contributed by atoms with Crippen LogP contribution in [0.15, 0.2) is 30.7 Å². The number of nitrogens with zero attached hydrogens (tertiary/aromatic N) is 4. The zero-order valence-corrected chi connectivity index (χ0v) is 14.5. The van der Waals surface area contributed by atoms with E-state index in [2.05, 4.69) is 25.9 Å². The number of imidazole rings is 1. The molecule has 1 aliphatic carbocycles. The number of rotatable bonds is 5. The maximum absolute atomic E-state index is 5.43. The Morgan fingerprint density at radius 2 is 2.00 bits per heavy atom. The Balaban J connectivity index is 1.28. The maximum Gasteiger partial charge on any atom is 0.231 e. The summed E-state index contributed by atoms with van der Waals surface area (Å²) in [5.74, 6) is 2.29. The molecule has 1 saturated carbocycles. The van der Waals surface area contributed by atoms with E-state index in [0.717, 1.165) is 35.6 Å². The van der Waals surface area contributed by atoms with Crippen molar-refractivity contribution < 1.29 is 9.47 Å². The Morgan fingerprint density at radius 1 is 1.12 bits per heavy atom. The van der Waals surface area contributed by atoms with Gasteiger partial charge in [0.15, 0.2) is 17.1 Å². The predicted octanol–water partition coefficient (Wildman–Crippen LogP) is 3.32. The van der Waals surface area contributed by atoms with Crippen molar-refractivity contribution in [3.8, 4) is 11.5 Å². The molecule has 2 aliphatic rings. The van der Waals surface area contributed by atoms with Gasteiger partial charge in [0.1, 0.15) is 5.52 Å². The quantitative estimate of drug-likeness (QED) is 0.760. The topological polar surface area (TPSA) is 74.1 Å². The highest BCUT2D eigenvalue weighted by Crippen LogP contribution is 2.33. The minimum atomic E-state index is 0.305. The van der Waals surface area contributed by atoms with Gasteiger partial charge in [0.2, 0.25) is 12.7 Å². The van der Waals surface area contributed by atoms with Crippen LogP contribution in [0.25, 0.3) is 11.2 Å². The molecule has 1 aliphatic heterocycles. The fourth-order valence-electron chi connectivity index (χ4n) is 3.78. The zero-order valence-electron chi connectivity index (χ0n) is 14.5. The third kappa shape index (κ3) is 2.83. The summed E-state index contributed by atoms with van der Waals surface area (Å²) in [5.41, 5.74) is 2.98. The van der Waals surface area contributed by atoms with Crippen molar-refractivity contribution in [2.24, 2.45) is 0 Å². The Labute approximate surface area is 151 Å². The lowest BCUT2D eigenvalue weighted by Crippen LogP contribution is -2.09. The first kappa shape index (κ1) is 15.4. The van der Waals surface area contributed by atoms with Gasteiger partial charge in [-0.25, -0.2) is 9.97 Å². The average Bonchev–Trinajstić information content (AvgIpc) is 3.40. The molecule has 0 bridgehead atoms. The Bertz CT molecular complexity index is 933. The molecule has 1 N–H and O–H groups in total. The van der Waals surface area contributed by atoms with Crippen LogP contribution in [0.5, 0.6) is 11.5 Å². The first-order chi connectivity index (χ1) is 12.9. The molecule has 1 aromatic carbocycles. The van der Waals surface area contributed by atoms with Crippen molar-refractivity contribution in [1.29, 1.82) is 0 Å². The summed E-state index contributed by atoms with van der Waals surface area (Å²) in [6.45, 7) is 1.06. The molecule has 1 fully saturated rings. The van der Waals surface area contributed by atoms with Crippen molar-refractivity contribution in [2.45, 2.75) is 38.1 Å². The second-order valence-electron chi connectivity index (χ2n) is 6.86. The fourth-order valence-corrected chi connectivity index (χ4v) is 3.78. The number of aromatic nitrogens is 4. The molecule has 3 aromatic rings. The molecule has 7 nitrogen and oxygen atoms in total. The van der Waals surface area contributed by atoms with E-state index in [0.29, 0.717) is 18.8 Å². The van der Waals surface area contributed by atoms with E-state index in [1.54, 1.807) is 6.20 Å². The standard InChI is InChI=1S/C19H21N5O2/c1-2-4-14(3-1)24-11-22-15-10-21-19(23-18(15)24)20-8-7-13-5-6-16-17(9-13)26-12-25-16/h5-6,9-11,14H,1-4,7-8,12H2,(H,20,21,23). The SMILES string of the molecule is c1cc2c(cc1CCNc1ncc3ncn(C4CCCC4)c3n1)OCO2. The van der Waals surface area contributed by atoms with E-state index in [-0.39, 0.29) is 0 Å². The molecule has 26 heavy (non-hydrogen) atoms. The summed E-state index contributed by atoms with van der Waals surface area (Å²) in [4.78, 5) is 13.5. The van der Waals surface area contributed by atoms with Crippen molar-refractivity contribution in [3.63, 3.8) is 0 Å². The summed E-state index contributed by atoms with van der Waals surface area (Å²) < 4.78 is 13.0. The molecule has 3 heterocycles. The van der Waals surface area contributed by atoms with Crippen molar-refractivity contribution in [3.05, 3.63) is 36.3 Å². The first-order valence-electron chi connectivity index (χ1n) is 9.19. The predicted molar refractivity (Wildman–Crippen MR) is 97.6 cm³/mol. The van der Waals surface area contributed by atoms with E-state index in [9.17, 15) is 0 Å². The van der Waals surface area contributed by atoms with Crippen LogP contribution in [-0.2, 0) is 6.42 Å². The highest BCUT2D eigenvalue weighted by Gasteiger charge is 2.19. The van der Waals surface area contributed by atoms with Gasteiger partial charge in [-0.3, -0.25) is 0 Å². The smallest absolute Gasteiger partial charge is 0.231 e. The van der Waals surface area contributed by atoms with Gasteiger partial charge in [-0.05, 0) is 37.0 Å². The molecule has 0 atom stereocenters. The summed E-state index contributed by atoms with van der Waals surface area (Å²) in [7, 11) is 0. The number of benzene rings is 1. The average molecular weight is 351 g/mol. The molecule has 2 aromatic heterocycles. The van der Waals surface area contributed by atoms with E-state index in [4.69, 9.17) is 14.5 Å². The summed E-state index contributed by atoms with van der Waals surface area (Å²) in [6.07, 6.45) is 9.57. The summed E-state index contributed by atoms with van der Waals surface area (Å²) in [5, 5.41) is 3.33. The number of hydrogen-bond donors (Lipinski definition) is 1. The fraction of sp³-hybridized carbons (Fsp3) is 0.421. The normalized spacial score (nSPS) is 16.5. The van der Waals surface area contributed by atoms with Crippen LogP contribution in [0, 0.1) is 0 Å². The number of ether oxygens (including phenoxy) is 2. The van der Waals surface area contributed by atoms with Gasteiger partial charge in [0, 0.05) is 12.6 Å². The van der Waals surface area contributed by atoms with Gasteiger partial charge in [-0.2, -0.15) is 4.98 Å². The molecule has 0 spiro atoms.